The van der Waals surface area contributed by atoms with E-state index in [0.29, 0.717) is 0 Å². The molecule has 2 N–H and O–H groups in total. The molecule has 9 heteroatoms. The summed E-state index contributed by atoms with van der Waals surface area (Å²) in [5.41, 5.74) is -2.73. The average Bonchev–Trinajstić information content (AvgIpc) is 2.80. The van der Waals surface area contributed by atoms with Crippen molar-refractivity contribution in [1.82, 2.24) is 9.55 Å². The van der Waals surface area contributed by atoms with Crippen LogP contribution < -0.4 is 11.2 Å². The maximum Gasteiger partial charge on any atom is 0.330 e. The van der Waals surface area contributed by atoms with E-state index < -0.39 is 50.3 Å². The van der Waals surface area contributed by atoms with Crippen molar-refractivity contribution >= 4 is 8.32 Å². The molecule has 0 aliphatic carbocycles. The van der Waals surface area contributed by atoms with Gasteiger partial charge in [0.05, 0.1) is 6.61 Å². The van der Waals surface area contributed by atoms with Crippen LogP contribution in [0.5, 0.6) is 0 Å². The molecule has 1 aromatic rings. The predicted octanol–water partition coefficient (Wildman–Crippen LogP) is 2.10. The van der Waals surface area contributed by atoms with Crippen LogP contribution in [0.1, 0.15) is 33.4 Å². The number of hydrogen-bond donors (Lipinski definition) is 2. The molecule has 0 bridgehead atoms. The first-order valence-corrected chi connectivity index (χ1v) is 11.8. The summed E-state index contributed by atoms with van der Waals surface area (Å²) in [5, 5.41) is 9.88. The van der Waals surface area contributed by atoms with Crippen molar-refractivity contribution < 1.29 is 18.7 Å². The third-order valence-electron chi connectivity index (χ3n) is 5.55. The second kappa shape index (κ2) is 7.46. The van der Waals surface area contributed by atoms with Gasteiger partial charge in [-0.25, -0.2) is 9.18 Å². The van der Waals surface area contributed by atoms with Gasteiger partial charge in [0.1, 0.15) is 11.7 Å². The standard InChI is InChI=1S/C18H29FN2O5Si/c1-7-9-18(11-22)14(26-27(5,6)17(2,3)4)13(19)15(25-18)21-10-8-12(23)20-16(21)24/h7-8,10,13-15,22H,1,9,11H2,2-6H3,(H,20,23,24)/t13-,14?,15-,18-/m1/s1. The molecule has 1 fully saturated rings. The van der Waals surface area contributed by atoms with Crippen molar-refractivity contribution in [1.29, 1.82) is 0 Å². The van der Waals surface area contributed by atoms with E-state index in [1.165, 1.54) is 12.3 Å². The molecule has 152 valence electrons. The molecule has 27 heavy (non-hydrogen) atoms. The fourth-order valence-electron chi connectivity index (χ4n) is 2.92. The Bertz CT molecular complexity index is 800. The van der Waals surface area contributed by atoms with Crippen molar-refractivity contribution in [3.8, 4) is 0 Å². The summed E-state index contributed by atoms with van der Waals surface area (Å²) in [6.07, 6.45) is -1.25. The second-order valence-corrected chi connectivity index (χ2v) is 13.2. The third kappa shape index (κ3) is 4.01. The molecule has 1 unspecified atom stereocenters. The topological polar surface area (TPSA) is 93.5 Å². The SMILES string of the molecule is C=CC[C@]1(CO)O[C@@H](n2ccc(=O)[nH]c2=O)[C@H](F)C1O[Si](C)(C)C(C)(C)C. The van der Waals surface area contributed by atoms with Crippen molar-refractivity contribution in [3.05, 3.63) is 45.8 Å². The zero-order valence-electron chi connectivity index (χ0n) is 16.5. The van der Waals surface area contributed by atoms with Crippen LogP contribution in [0.3, 0.4) is 0 Å². The molecule has 1 aromatic heterocycles. The van der Waals surface area contributed by atoms with Crippen LogP contribution in [0, 0.1) is 0 Å². The third-order valence-corrected chi connectivity index (χ3v) is 10.0. The van der Waals surface area contributed by atoms with E-state index in [-0.39, 0.29) is 11.5 Å². The monoisotopic (exact) mass is 400 g/mol. The number of H-pyrrole nitrogens is 1. The van der Waals surface area contributed by atoms with Crippen molar-refractivity contribution in [2.24, 2.45) is 0 Å². The predicted molar refractivity (Wildman–Crippen MR) is 103 cm³/mol. The average molecular weight is 401 g/mol. The van der Waals surface area contributed by atoms with Crippen molar-refractivity contribution in [2.75, 3.05) is 6.61 Å². The summed E-state index contributed by atoms with van der Waals surface area (Å²) >= 11 is 0. The highest BCUT2D eigenvalue weighted by Crippen LogP contribution is 2.46. The van der Waals surface area contributed by atoms with Crippen molar-refractivity contribution in [3.63, 3.8) is 0 Å². The maximum atomic E-state index is 15.5. The summed E-state index contributed by atoms with van der Waals surface area (Å²) in [4.78, 5) is 25.5. The van der Waals surface area contributed by atoms with Gasteiger partial charge in [0.2, 0.25) is 0 Å². The van der Waals surface area contributed by atoms with Crippen LogP contribution in [0.25, 0.3) is 0 Å². The Labute approximate surface area is 159 Å². The molecule has 4 atom stereocenters. The number of alkyl halides is 1. The quantitative estimate of drug-likeness (QED) is 0.563. The fourth-order valence-corrected chi connectivity index (χ4v) is 4.25. The summed E-state index contributed by atoms with van der Waals surface area (Å²) in [7, 11) is -2.41. The van der Waals surface area contributed by atoms with Gasteiger partial charge in [-0.2, -0.15) is 0 Å². The van der Waals surface area contributed by atoms with Gasteiger partial charge < -0.3 is 14.3 Å². The van der Waals surface area contributed by atoms with Gasteiger partial charge in [-0.1, -0.05) is 26.8 Å². The smallest absolute Gasteiger partial charge is 0.330 e. The number of aliphatic hydroxyl groups is 1. The Morgan fingerprint density at radius 2 is 2.11 bits per heavy atom. The largest absolute Gasteiger partial charge is 0.408 e. The molecule has 1 aliphatic rings. The van der Waals surface area contributed by atoms with Gasteiger partial charge in [-0.3, -0.25) is 14.3 Å². The molecule has 2 heterocycles. The molecule has 0 amide bonds. The van der Waals surface area contributed by atoms with Crippen LogP contribution in [0.2, 0.25) is 18.1 Å². The van der Waals surface area contributed by atoms with Crippen LogP contribution in [0.15, 0.2) is 34.5 Å². The van der Waals surface area contributed by atoms with Gasteiger partial charge in [-0.05, 0) is 24.6 Å². The molecule has 7 nitrogen and oxygen atoms in total. The molecule has 0 radical (unpaired) electrons. The molecule has 0 saturated carbocycles. The highest BCUT2D eigenvalue weighted by molar-refractivity contribution is 6.74. The van der Waals surface area contributed by atoms with Gasteiger partial charge in [-0.15, -0.1) is 6.58 Å². The summed E-state index contributed by atoms with van der Waals surface area (Å²) < 4.78 is 28.7. The van der Waals surface area contributed by atoms with E-state index in [0.717, 1.165) is 10.6 Å². The Morgan fingerprint density at radius 1 is 1.48 bits per heavy atom. The summed E-state index contributed by atoms with van der Waals surface area (Å²) in [5.74, 6) is 0. The Balaban J connectivity index is 2.50. The Morgan fingerprint density at radius 3 is 2.59 bits per heavy atom. The lowest BCUT2D eigenvalue weighted by atomic mass is 9.93. The Kier molecular flexibility index (Phi) is 6.01. The minimum atomic E-state index is -2.41. The first-order chi connectivity index (χ1) is 12.4. The number of nitrogens with zero attached hydrogens (tertiary/aromatic N) is 1. The summed E-state index contributed by atoms with van der Waals surface area (Å²) in [6, 6.07) is 1.12. The van der Waals surface area contributed by atoms with Gasteiger partial charge >= 0.3 is 5.69 Å². The van der Waals surface area contributed by atoms with Crippen LogP contribution in [-0.2, 0) is 9.16 Å². The van der Waals surface area contributed by atoms with Crippen LogP contribution in [0.4, 0.5) is 4.39 Å². The first kappa shape index (κ1) is 21.7. The molecule has 0 spiro atoms. The fraction of sp³-hybridized carbons (Fsp3) is 0.667. The number of hydrogen-bond acceptors (Lipinski definition) is 5. The Hall–Kier alpha value is -1.55. The zero-order valence-corrected chi connectivity index (χ0v) is 17.5. The van der Waals surface area contributed by atoms with E-state index in [9.17, 15) is 14.7 Å². The van der Waals surface area contributed by atoms with Gasteiger partial charge in [0.15, 0.2) is 20.7 Å². The van der Waals surface area contributed by atoms with Gasteiger partial charge in [0.25, 0.3) is 5.56 Å². The van der Waals surface area contributed by atoms with E-state index in [1.54, 1.807) is 0 Å². The number of nitrogens with one attached hydrogen (secondary N) is 1. The second-order valence-electron chi connectivity index (χ2n) is 8.48. The zero-order chi connectivity index (χ0) is 20.6. The number of ether oxygens (including phenoxy) is 1. The number of aromatic nitrogens is 2. The maximum absolute atomic E-state index is 15.5. The lowest BCUT2D eigenvalue weighted by Gasteiger charge is -2.42. The molecular formula is C18H29FN2O5Si. The van der Waals surface area contributed by atoms with Crippen LogP contribution >= 0.6 is 0 Å². The highest BCUT2D eigenvalue weighted by atomic mass is 28.4. The van der Waals surface area contributed by atoms with Crippen molar-refractivity contribution in [2.45, 2.75) is 69.4 Å². The molecular weight excluding hydrogens is 371 g/mol. The summed E-state index contributed by atoms with van der Waals surface area (Å²) in [6.45, 7) is 13.2. The number of aliphatic hydroxyl groups excluding tert-OH is 1. The number of rotatable bonds is 6. The lowest BCUT2D eigenvalue weighted by molar-refractivity contribution is -0.124. The van der Waals surface area contributed by atoms with Gasteiger partial charge in [0, 0.05) is 12.3 Å². The number of aromatic amines is 1. The van der Waals surface area contributed by atoms with E-state index >= 15 is 4.39 Å². The normalized spacial score (nSPS) is 29.1. The highest BCUT2D eigenvalue weighted by Gasteiger charge is 2.59. The molecule has 1 saturated heterocycles. The van der Waals surface area contributed by atoms with Crippen LogP contribution in [-0.4, -0.2) is 47.5 Å². The number of halogens is 1. The minimum Gasteiger partial charge on any atom is -0.408 e. The van der Waals surface area contributed by atoms with E-state index in [2.05, 4.69) is 11.6 Å². The molecule has 0 aromatic carbocycles. The molecule has 1 aliphatic heterocycles. The molecule has 2 rings (SSSR count). The lowest BCUT2D eigenvalue weighted by Crippen LogP contribution is -2.54. The minimum absolute atomic E-state index is 0.151. The van der Waals surface area contributed by atoms with E-state index in [1.807, 2.05) is 33.9 Å². The first-order valence-electron chi connectivity index (χ1n) is 8.91. The van der Waals surface area contributed by atoms with E-state index in [4.69, 9.17) is 9.16 Å².